The highest BCUT2D eigenvalue weighted by Crippen LogP contribution is 2.22. The Labute approximate surface area is 149 Å². The molecule has 3 aromatic rings. The van der Waals surface area contributed by atoms with Gasteiger partial charge in [0.2, 0.25) is 0 Å². The topological polar surface area (TPSA) is 66.9 Å². The normalized spacial score (nSPS) is 10.5. The van der Waals surface area contributed by atoms with Crippen LogP contribution in [0.3, 0.4) is 0 Å². The molecule has 0 bridgehead atoms. The molecule has 5 nitrogen and oxygen atoms in total. The zero-order chi connectivity index (χ0) is 18.7. The van der Waals surface area contributed by atoms with Crippen molar-refractivity contribution >= 4 is 23.1 Å². The zero-order valence-electron chi connectivity index (χ0n) is 14.2. The molecule has 26 heavy (non-hydrogen) atoms. The lowest BCUT2D eigenvalue weighted by atomic mass is 10.2. The Bertz CT molecular complexity index is 976. The van der Waals surface area contributed by atoms with E-state index in [2.05, 4.69) is 20.6 Å². The molecule has 0 spiro atoms. The molecule has 0 radical (unpaired) electrons. The molecule has 0 aliphatic carbocycles. The molecule has 0 aliphatic heterocycles. The number of nitrogens with zero attached hydrogens (tertiary/aromatic N) is 2. The van der Waals surface area contributed by atoms with Gasteiger partial charge in [-0.15, -0.1) is 0 Å². The Morgan fingerprint density at radius 2 is 1.81 bits per heavy atom. The van der Waals surface area contributed by atoms with E-state index in [-0.39, 0.29) is 17.2 Å². The number of amides is 1. The van der Waals surface area contributed by atoms with Gasteiger partial charge in [0.25, 0.3) is 5.91 Å². The summed E-state index contributed by atoms with van der Waals surface area (Å²) in [6.07, 6.45) is 0. The highest BCUT2D eigenvalue weighted by Gasteiger charge is 2.15. The first kappa shape index (κ1) is 17.5. The second-order valence-electron chi connectivity index (χ2n) is 5.70. The van der Waals surface area contributed by atoms with Gasteiger partial charge in [-0.25, -0.2) is 18.7 Å². The summed E-state index contributed by atoms with van der Waals surface area (Å²) in [6.45, 7) is 3.26. The summed E-state index contributed by atoms with van der Waals surface area (Å²) >= 11 is 0. The predicted molar refractivity (Wildman–Crippen MR) is 95.5 cm³/mol. The highest BCUT2D eigenvalue weighted by molar-refractivity contribution is 6.06. The van der Waals surface area contributed by atoms with Crippen LogP contribution in [0.1, 0.15) is 21.9 Å². The van der Waals surface area contributed by atoms with Gasteiger partial charge in [0, 0.05) is 11.4 Å². The maximum absolute atomic E-state index is 13.4. The first-order valence-corrected chi connectivity index (χ1v) is 7.87. The fraction of sp³-hybridized carbons (Fsp3) is 0.105. The number of anilines is 3. The number of benzene rings is 1. The predicted octanol–water partition coefficient (Wildman–Crippen LogP) is 4.37. The molecular weight excluding hydrogens is 338 g/mol. The molecule has 1 aromatic carbocycles. The summed E-state index contributed by atoms with van der Waals surface area (Å²) in [5, 5.41) is 5.58. The number of carbonyl (C=O) groups is 1. The lowest BCUT2D eigenvalue weighted by molar-refractivity contribution is 0.102. The van der Waals surface area contributed by atoms with E-state index in [1.807, 2.05) is 0 Å². The van der Waals surface area contributed by atoms with E-state index in [0.717, 1.165) is 0 Å². The molecule has 3 rings (SSSR count). The maximum Gasteiger partial charge on any atom is 0.277 e. The van der Waals surface area contributed by atoms with Crippen molar-refractivity contribution in [1.29, 1.82) is 0 Å². The number of carbonyl (C=O) groups excluding carboxylic acids is 1. The van der Waals surface area contributed by atoms with Gasteiger partial charge < -0.3 is 10.6 Å². The van der Waals surface area contributed by atoms with Gasteiger partial charge in [0.05, 0.1) is 11.4 Å². The second-order valence-corrected chi connectivity index (χ2v) is 5.70. The number of halogens is 2. The Morgan fingerprint density at radius 1 is 1.00 bits per heavy atom. The number of aromatic nitrogens is 2. The maximum atomic E-state index is 13.4. The Kier molecular flexibility index (Phi) is 4.88. The fourth-order valence-electron chi connectivity index (χ4n) is 2.34. The lowest BCUT2D eigenvalue weighted by Crippen LogP contribution is -2.17. The number of aryl methyl sites for hydroxylation is 2. The Morgan fingerprint density at radius 3 is 2.54 bits per heavy atom. The van der Waals surface area contributed by atoms with Crippen LogP contribution in [0, 0.1) is 25.5 Å². The third-order valence-corrected chi connectivity index (χ3v) is 3.62. The molecule has 1 amide bonds. The Hall–Kier alpha value is -3.35. The van der Waals surface area contributed by atoms with Gasteiger partial charge in [-0.1, -0.05) is 6.07 Å². The number of pyridine rings is 2. The smallest absolute Gasteiger partial charge is 0.277 e. The SMILES string of the molecule is Cc1ccc(Nc2cccc(F)c2)c(C(=O)Nc2ccc(F)c(C)n2)n1. The van der Waals surface area contributed by atoms with Crippen LogP contribution in [0.4, 0.5) is 26.0 Å². The van der Waals surface area contributed by atoms with Crippen LogP contribution in [0.2, 0.25) is 0 Å². The van der Waals surface area contributed by atoms with Crippen molar-refractivity contribution in [1.82, 2.24) is 9.97 Å². The van der Waals surface area contributed by atoms with Crippen LogP contribution in [-0.4, -0.2) is 15.9 Å². The van der Waals surface area contributed by atoms with Crippen molar-refractivity contribution in [3.8, 4) is 0 Å². The molecule has 2 N–H and O–H groups in total. The van der Waals surface area contributed by atoms with Crippen LogP contribution in [0.25, 0.3) is 0 Å². The molecule has 7 heteroatoms. The molecule has 0 saturated heterocycles. The van der Waals surface area contributed by atoms with Crippen LogP contribution in [0.15, 0.2) is 48.5 Å². The van der Waals surface area contributed by atoms with Crippen molar-refractivity contribution in [2.75, 3.05) is 10.6 Å². The van der Waals surface area contributed by atoms with Crippen molar-refractivity contribution in [3.05, 3.63) is 77.2 Å². The third-order valence-electron chi connectivity index (χ3n) is 3.62. The van der Waals surface area contributed by atoms with Crippen molar-refractivity contribution in [3.63, 3.8) is 0 Å². The molecule has 0 aliphatic rings. The minimum atomic E-state index is -0.508. The average Bonchev–Trinajstić information content (AvgIpc) is 2.60. The number of hydrogen-bond acceptors (Lipinski definition) is 4. The average molecular weight is 354 g/mol. The van der Waals surface area contributed by atoms with Gasteiger partial charge in [0.1, 0.15) is 17.5 Å². The molecule has 2 aromatic heterocycles. The van der Waals surface area contributed by atoms with Gasteiger partial charge >= 0.3 is 0 Å². The quantitative estimate of drug-likeness (QED) is 0.730. The van der Waals surface area contributed by atoms with E-state index < -0.39 is 17.5 Å². The van der Waals surface area contributed by atoms with Crippen molar-refractivity contribution in [2.45, 2.75) is 13.8 Å². The summed E-state index contributed by atoms with van der Waals surface area (Å²) < 4.78 is 26.7. The second kappa shape index (κ2) is 7.26. The fourth-order valence-corrected chi connectivity index (χ4v) is 2.34. The van der Waals surface area contributed by atoms with Crippen molar-refractivity contribution < 1.29 is 13.6 Å². The van der Waals surface area contributed by atoms with E-state index in [1.54, 1.807) is 31.2 Å². The van der Waals surface area contributed by atoms with E-state index >= 15 is 0 Å². The van der Waals surface area contributed by atoms with Gasteiger partial charge in [-0.05, 0) is 56.3 Å². The number of nitrogens with one attached hydrogen (secondary N) is 2. The van der Waals surface area contributed by atoms with Gasteiger partial charge in [0.15, 0.2) is 5.69 Å². The lowest BCUT2D eigenvalue weighted by Gasteiger charge is -2.12. The molecular formula is C19H16F2N4O. The molecule has 0 atom stereocenters. The largest absolute Gasteiger partial charge is 0.354 e. The van der Waals surface area contributed by atoms with Crippen LogP contribution in [-0.2, 0) is 0 Å². The minimum absolute atomic E-state index is 0.123. The molecule has 0 saturated carbocycles. The summed E-state index contributed by atoms with van der Waals surface area (Å²) in [6, 6.07) is 11.9. The molecule has 0 unspecified atom stereocenters. The summed E-state index contributed by atoms with van der Waals surface area (Å²) in [4.78, 5) is 20.9. The van der Waals surface area contributed by atoms with E-state index in [0.29, 0.717) is 17.1 Å². The molecule has 0 fully saturated rings. The summed E-state index contributed by atoms with van der Waals surface area (Å²) in [5.41, 5.74) is 1.84. The number of hydrogen-bond donors (Lipinski definition) is 2. The summed E-state index contributed by atoms with van der Waals surface area (Å²) in [7, 11) is 0. The van der Waals surface area contributed by atoms with Gasteiger partial charge in [-0.3, -0.25) is 4.79 Å². The van der Waals surface area contributed by atoms with E-state index in [4.69, 9.17) is 0 Å². The minimum Gasteiger partial charge on any atom is -0.354 e. The standard InChI is InChI=1S/C19H16F2N4O/c1-11-6-8-16(24-14-5-3-4-13(20)10-14)18(22-11)19(26)25-17-9-7-15(21)12(2)23-17/h3-10,24H,1-2H3,(H,23,25,26). The summed E-state index contributed by atoms with van der Waals surface area (Å²) in [5.74, 6) is -1.14. The van der Waals surface area contributed by atoms with E-state index in [1.165, 1.54) is 31.2 Å². The van der Waals surface area contributed by atoms with Crippen LogP contribution in [0.5, 0.6) is 0 Å². The van der Waals surface area contributed by atoms with Crippen molar-refractivity contribution in [2.24, 2.45) is 0 Å². The first-order valence-electron chi connectivity index (χ1n) is 7.87. The van der Waals surface area contributed by atoms with Gasteiger partial charge in [-0.2, -0.15) is 0 Å². The van der Waals surface area contributed by atoms with E-state index in [9.17, 15) is 13.6 Å². The first-order chi connectivity index (χ1) is 12.4. The highest BCUT2D eigenvalue weighted by atomic mass is 19.1. The molecule has 132 valence electrons. The molecule has 2 heterocycles. The monoisotopic (exact) mass is 354 g/mol. The third kappa shape index (κ3) is 4.00. The number of rotatable bonds is 4. The Balaban J connectivity index is 1.89. The zero-order valence-corrected chi connectivity index (χ0v) is 14.2. The van der Waals surface area contributed by atoms with Crippen LogP contribution < -0.4 is 10.6 Å². The van der Waals surface area contributed by atoms with Crippen LogP contribution >= 0.6 is 0 Å².